The van der Waals surface area contributed by atoms with Crippen molar-refractivity contribution in [1.29, 1.82) is 0 Å². The molecule has 1 amide bonds. The van der Waals surface area contributed by atoms with Crippen molar-refractivity contribution in [3.05, 3.63) is 77.1 Å². The number of nitrogens with zero attached hydrogens (tertiary/aromatic N) is 4. The molecule has 0 saturated carbocycles. The topological polar surface area (TPSA) is 50.6 Å². The fraction of sp³-hybridized carbons (Fsp3) is 0.467. The van der Waals surface area contributed by atoms with E-state index in [9.17, 15) is 4.79 Å². The van der Waals surface area contributed by atoms with Gasteiger partial charge in [0.25, 0.3) is 0 Å². The van der Waals surface area contributed by atoms with Crippen molar-refractivity contribution in [3.63, 3.8) is 0 Å². The highest BCUT2D eigenvalue weighted by atomic mass is 16.5. The summed E-state index contributed by atoms with van der Waals surface area (Å²) in [6.07, 6.45) is 6.68. The Labute approximate surface area is 215 Å². The molecule has 0 N–H and O–H groups in total. The van der Waals surface area contributed by atoms with Gasteiger partial charge in [-0.05, 0) is 81.1 Å². The van der Waals surface area contributed by atoms with Crippen LogP contribution in [0.3, 0.4) is 0 Å². The van der Waals surface area contributed by atoms with E-state index < -0.39 is 0 Å². The molecule has 6 heteroatoms. The molecule has 3 aromatic rings. The molecule has 4 rings (SSSR count). The van der Waals surface area contributed by atoms with Crippen molar-refractivity contribution in [2.24, 2.45) is 0 Å². The lowest BCUT2D eigenvalue weighted by molar-refractivity contribution is -0.120. The second-order valence-electron chi connectivity index (χ2n) is 10.3. The molecule has 1 atom stereocenters. The third kappa shape index (κ3) is 5.98. The highest BCUT2D eigenvalue weighted by molar-refractivity contribution is 5.98. The van der Waals surface area contributed by atoms with Gasteiger partial charge in [0.15, 0.2) is 0 Å². The zero-order chi connectivity index (χ0) is 25.7. The van der Waals surface area contributed by atoms with Crippen molar-refractivity contribution >= 4 is 11.6 Å². The van der Waals surface area contributed by atoms with E-state index in [0.717, 1.165) is 54.9 Å². The molecule has 0 aliphatic heterocycles. The minimum Gasteiger partial charge on any atom is -0.492 e. The molecule has 2 aromatic carbocycles. The Kier molecular flexibility index (Phi) is 8.47. The van der Waals surface area contributed by atoms with Crippen LogP contribution in [0.1, 0.15) is 67.7 Å². The largest absolute Gasteiger partial charge is 0.492 e. The van der Waals surface area contributed by atoms with E-state index in [-0.39, 0.29) is 11.8 Å². The quantitative estimate of drug-likeness (QED) is 0.372. The second kappa shape index (κ2) is 11.7. The van der Waals surface area contributed by atoms with E-state index in [1.165, 1.54) is 11.1 Å². The number of carbonyl (C=O) groups is 1. The predicted octanol–water partition coefficient (Wildman–Crippen LogP) is 5.62. The summed E-state index contributed by atoms with van der Waals surface area (Å²) in [6.45, 7) is 9.26. The molecular weight excluding hydrogens is 448 g/mol. The molecule has 1 unspecified atom stereocenters. The van der Waals surface area contributed by atoms with Crippen LogP contribution in [0.5, 0.6) is 5.75 Å². The molecule has 0 fully saturated rings. The molecule has 6 nitrogen and oxygen atoms in total. The van der Waals surface area contributed by atoms with Crippen LogP contribution in [0.2, 0.25) is 0 Å². The first-order valence-corrected chi connectivity index (χ1v) is 13.2. The van der Waals surface area contributed by atoms with Gasteiger partial charge in [-0.1, -0.05) is 38.1 Å². The highest BCUT2D eigenvalue weighted by Crippen LogP contribution is 2.39. The minimum atomic E-state index is -0.183. The molecule has 0 saturated heterocycles. The minimum absolute atomic E-state index is 0.142. The van der Waals surface area contributed by atoms with Crippen LogP contribution in [-0.4, -0.2) is 47.8 Å². The van der Waals surface area contributed by atoms with Crippen LogP contribution in [-0.2, 0) is 24.3 Å². The molecular formula is C30H40N4O2. The summed E-state index contributed by atoms with van der Waals surface area (Å²) in [5.41, 5.74) is 5.54. The van der Waals surface area contributed by atoms with Gasteiger partial charge in [0.2, 0.25) is 5.91 Å². The molecule has 1 aliphatic rings. The number of amides is 1. The van der Waals surface area contributed by atoms with E-state index in [1.54, 1.807) is 0 Å². The average molecular weight is 489 g/mol. The van der Waals surface area contributed by atoms with Crippen molar-refractivity contribution in [2.45, 2.75) is 65.0 Å². The number of ether oxygens (including phenoxy) is 1. The lowest BCUT2D eigenvalue weighted by atomic mass is 9.81. The Balaban J connectivity index is 1.64. The predicted molar refractivity (Wildman–Crippen MR) is 146 cm³/mol. The maximum absolute atomic E-state index is 14.2. The number of anilines is 1. The van der Waals surface area contributed by atoms with Crippen LogP contribution in [0, 0.1) is 0 Å². The molecule has 0 radical (unpaired) electrons. The zero-order valence-corrected chi connectivity index (χ0v) is 22.4. The maximum atomic E-state index is 14.2. The fourth-order valence-electron chi connectivity index (χ4n) is 4.91. The number of fused-ring (bicyclic) bond motifs is 1. The Morgan fingerprint density at radius 2 is 1.94 bits per heavy atom. The van der Waals surface area contributed by atoms with Gasteiger partial charge in [0.05, 0.1) is 18.7 Å². The number of carbonyl (C=O) groups excluding carboxylic acids is 1. The van der Waals surface area contributed by atoms with Gasteiger partial charge in [-0.2, -0.15) is 5.10 Å². The van der Waals surface area contributed by atoms with Crippen LogP contribution in [0.25, 0.3) is 0 Å². The number of rotatable bonds is 10. The number of aromatic nitrogens is 2. The van der Waals surface area contributed by atoms with Gasteiger partial charge >= 0.3 is 0 Å². The Morgan fingerprint density at radius 3 is 2.61 bits per heavy atom. The number of benzene rings is 2. The number of hydrogen-bond donors (Lipinski definition) is 0. The van der Waals surface area contributed by atoms with Crippen LogP contribution >= 0.6 is 0 Å². The number of aryl methyl sites for hydroxylation is 1. The Morgan fingerprint density at radius 1 is 1.17 bits per heavy atom. The third-order valence-electron chi connectivity index (χ3n) is 7.05. The Bertz CT molecular complexity index is 1150. The molecule has 1 heterocycles. The first-order valence-electron chi connectivity index (χ1n) is 13.2. The monoisotopic (exact) mass is 488 g/mol. The van der Waals surface area contributed by atoms with Gasteiger partial charge in [-0.15, -0.1) is 0 Å². The summed E-state index contributed by atoms with van der Waals surface area (Å²) in [7, 11) is 4.09. The van der Waals surface area contributed by atoms with Crippen LogP contribution < -0.4 is 9.64 Å². The summed E-state index contributed by atoms with van der Waals surface area (Å²) in [4.78, 5) is 18.3. The standard InChI is InChI=1S/C30H40N4O2/c1-6-33-20-23(19-31-33)21-34(25-15-13-24(14-16-25)22(2)3)30(35)28-11-7-10-27-26(28)9-8-12-29(27)36-18-17-32(4)5/h8-9,12-16,19-20,22,28H,6-7,10-11,17-18,21H2,1-5H3. The summed E-state index contributed by atoms with van der Waals surface area (Å²) in [5, 5.41) is 4.44. The molecule has 1 aromatic heterocycles. The summed E-state index contributed by atoms with van der Waals surface area (Å²) in [6, 6.07) is 14.6. The van der Waals surface area contributed by atoms with Crippen molar-refractivity contribution in [2.75, 3.05) is 32.1 Å². The molecule has 1 aliphatic carbocycles. The first-order chi connectivity index (χ1) is 17.4. The highest BCUT2D eigenvalue weighted by Gasteiger charge is 2.32. The zero-order valence-electron chi connectivity index (χ0n) is 22.4. The average Bonchev–Trinajstić information content (AvgIpc) is 3.34. The summed E-state index contributed by atoms with van der Waals surface area (Å²) >= 11 is 0. The lowest BCUT2D eigenvalue weighted by Gasteiger charge is -2.32. The Hall–Kier alpha value is -3.12. The van der Waals surface area contributed by atoms with Gasteiger partial charge in [0, 0.05) is 30.5 Å². The summed E-state index contributed by atoms with van der Waals surface area (Å²) < 4.78 is 8.07. The van der Waals surface area contributed by atoms with Gasteiger partial charge in [-0.3, -0.25) is 9.48 Å². The molecule has 0 spiro atoms. The fourth-order valence-corrected chi connectivity index (χ4v) is 4.91. The van der Waals surface area contributed by atoms with Crippen LogP contribution in [0.4, 0.5) is 5.69 Å². The maximum Gasteiger partial charge on any atom is 0.234 e. The number of hydrogen-bond acceptors (Lipinski definition) is 4. The van der Waals surface area contributed by atoms with Gasteiger partial charge in [-0.25, -0.2) is 0 Å². The molecule has 192 valence electrons. The normalized spacial score (nSPS) is 15.2. The lowest BCUT2D eigenvalue weighted by Crippen LogP contribution is -2.36. The van der Waals surface area contributed by atoms with E-state index in [0.29, 0.717) is 19.1 Å². The summed E-state index contributed by atoms with van der Waals surface area (Å²) in [5.74, 6) is 1.33. The van der Waals surface area contributed by atoms with E-state index in [2.05, 4.69) is 61.1 Å². The van der Waals surface area contributed by atoms with Gasteiger partial charge in [0.1, 0.15) is 12.4 Å². The van der Waals surface area contributed by atoms with E-state index in [1.807, 2.05) is 48.2 Å². The SMILES string of the molecule is CCn1cc(CN(C(=O)C2CCCc3c(OCCN(C)C)cccc32)c2ccc(C(C)C)cc2)cn1. The first kappa shape index (κ1) is 26.0. The van der Waals surface area contributed by atoms with Gasteiger partial charge < -0.3 is 14.5 Å². The van der Waals surface area contributed by atoms with Crippen molar-refractivity contribution in [1.82, 2.24) is 14.7 Å². The van der Waals surface area contributed by atoms with Crippen molar-refractivity contribution in [3.8, 4) is 5.75 Å². The number of likely N-dealkylation sites (N-methyl/N-ethyl adjacent to an activating group) is 1. The van der Waals surface area contributed by atoms with E-state index in [4.69, 9.17) is 4.74 Å². The molecule has 36 heavy (non-hydrogen) atoms. The third-order valence-corrected chi connectivity index (χ3v) is 7.05. The smallest absolute Gasteiger partial charge is 0.234 e. The molecule has 0 bridgehead atoms. The van der Waals surface area contributed by atoms with E-state index >= 15 is 0 Å². The van der Waals surface area contributed by atoms with Crippen LogP contribution in [0.15, 0.2) is 54.9 Å². The van der Waals surface area contributed by atoms with Crippen molar-refractivity contribution < 1.29 is 9.53 Å². The second-order valence-corrected chi connectivity index (χ2v) is 10.3.